The lowest BCUT2D eigenvalue weighted by molar-refractivity contribution is 0.179. The molecule has 19 heavy (non-hydrogen) atoms. The average Bonchev–Trinajstić information content (AvgIpc) is 2.38. The van der Waals surface area contributed by atoms with E-state index >= 15 is 0 Å². The highest BCUT2D eigenvalue weighted by atomic mass is 79.9. The molecular formula is C16H25BrN2. The number of benzene rings is 1. The molecule has 1 unspecified atom stereocenters. The minimum Gasteiger partial charge on any atom is -0.385 e. The zero-order chi connectivity index (χ0) is 13.8. The van der Waals surface area contributed by atoms with Gasteiger partial charge in [0.1, 0.15) is 0 Å². The Morgan fingerprint density at radius 1 is 1.26 bits per heavy atom. The van der Waals surface area contributed by atoms with E-state index in [2.05, 4.69) is 59.2 Å². The Kier molecular flexibility index (Phi) is 5.28. The van der Waals surface area contributed by atoms with Gasteiger partial charge < -0.3 is 10.2 Å². The molecule has 2 nitrogen and oxygen atoms in total. The molecule has 1 N–H and O–H groups in total. The summed E-state index contributed by atoms with van der Waals surface area (Å²) in [6.07, 6.45) is 5.36. The van der Waals surface area contributed by atoms with E-state index in [0.29, 0.717) is 0 Å². The molecule has 2 rings (SSSR count). The molecule has 1 aliphatic rings. The molecule has 1 atom stereocenters. The minimum atomic E-state index is 0.763. The first-order valence-electron chi connectivity index (χ1n) is 7.29. The van der Waals surface area contributed by atoms with E-state index in [1.807, 2.05) is 0 Å². The summed E-state index contributed by atoms with van der Waals surface area (Å²) in [4.78, 5) is 2.52. The first-order valence-corrected chi connectivity index (χ1v) is 8.08. The van der Waals surface area contributed by atoms with E-state index in [0.717, 1.165) is 12.6 Å². The van der Waals surface area contributed by atoms with E-state index in [9.17, 15) is 0 Å². The van der Waals surface area contributed by atoms with Crippen LogP contribution in [0.5, 0.6) is 0 Å². The number of hydrogen-bond acceptors (Lipinski definition) is 2. The van der Waals surface area contributed by atoms with Crippen LogP contribution in [-0.2, 0) is 0 Å². The van der Waals surface area contributed by atoms with Crippen molar-refractivity contribution in [2.75, 3.05) is 25.5 Å². The van der Waals surface area contributed by atoms with Crippen molar-refractivity contribution in [1.29, 1.82) is 0 Å². The number of hydrogen-bond donors (Lipinski definition) is 1. The molecule has 0 saturated carbocycles. The van der Waals surface area contributed by atoms with Gasteiger partial charge in [0.25, 0.3) is 0 Å². The van der Waals surface area contributed by atoms with Gasteiger partial charge in [0.05, 0.1) is 0 Å². The molecule has 3 heteroatoms. The number of rotatable bonds is 4. The van der Waals surface area contributed by atoms with Crippen molar-refractivity contribution in [2.24, 2.45) is 0 Å². The third-order valence-corrected chi connectivity index (χ3v) is 5.42. The van der Waals surface area contributed by atoms with E-state index < -0.39 is 0 Å². The number of halogens is 1. The normalized spacial score (nSPS) is 20.5. The summed E-state index contributed by atoms with van der Waals surface area (Å²) in [7, 11) is 2.26. The lowest BCUT2D eigenvalue weighted by atomic mass is 10.00. The summed E-state index contributed by atoms with van der Waals surface area (Å²) in [6, 6.07) is 5.21. The maximum atomic E-state index is 3.62. The smallest absolute Gasteiger partial charge is 0.0346 e. The molecule has 106 valence electrons. The SMILES string of the molecule is Cc1cc(NCCC2CCCCN2C)cc(C)c1Br. The van der Waals surface area contributed by atoms with E-state index in [1.54, 1.807) is 0 Å². The topological polar surface area (TPSA) is 15.3 Å². The summed E-state index contributed by atoms with van der Waals surface area (Å²) in [6.45, 7) is 6.63. The van der Waals surface area contributed by atoms with Crippen LogP contribution in [0.15, 0.2) is 16.6 Å². The summed E-state index contributed by atoms with van der Waals surface area (Å²) in [5, 5.41) is 3.57. The van der Waals surface area contributed by atoms with E-state index in [4.69, 9.17) is 0 Å². The summed E-state index contributed by atoms with van der Waals surface area (Å²) >= 11 is 3.62. The van der Waals surface area contributed by atoms with Gasteiger partial charge in [-0.05, 0) is 70.0 Å². The van der Waals surface area contributed by atoms with Gasteiger partial charge in [-0.25, -0.2) is 0 Å². The predicted octanol–water partition coefficient (Wildman–Crippen LogP) is 4.35. The maximum Gasteiger partial charge on any atom is 0.0346 e. The molecule has 0 aliphatic carbocycles. The van der Waals surface area contributed by atoms with E-state index in [-0.39, 0.29) is 0 Å². The zero-order valence-electron chi connectivity index (χ0n) is 12.3. The second kappa shape index (κ2) is 6.76. The minimum absolute atomic E-state index is 0.763. The zero-order valence-corrected chi connectivity index (χ0v) is 13.9. The largest absolute Gasteiger partial charge is 0.385 e. The van der Waals surface area contributed by atoms with Crippen LogP contribution in [0.25, 0.3) is 0 Å². The van der Waals surface area contributed by atoms with Gasteiger partial charge >= 0.3 is 0 Å². The highest BCUT2D eigenvalue weighted by Gasteiger charge is 2.17. The Balaban J connectivity index is 1.85. The molecule has 1 aromatic carbocycles. The van der Waals surface area contributed by atoms with Gasteiger partial charge in [-0.1, -0.05) is 22.4 Å². The van der Waals surface area contributed by atoms with Crippen molar-refractivity contribution in [3.63, 3.8) is 0 Å². The van der Waals surface area contributed by atoms with Crippen LogP contribution >= 0.6 is 15.9 Å². The molecule has 1 heterocycles. The van der Waals surface area contributed by atoms with Crippen LogP contribution in [0, 0.1) is 13.8 Å². The van der Waals surface area contributed by atoms with Crippen LogP contribution in [-0.4, -0.2) is 31.1 Å². The fraction of sp³-hybridized carbons (Fsp3) is 0.625. The highest BCUT2D eigenvalue weighted by molar-refractivity contribution is 9.10. The molecular weight excluding hydrogens is 300 g/mol. The van der Waals surface area contributed by atoms with Crippen molar-refractivity contribution in [1.82, 2.24) is 4.90 Å². The summed E-state index contributed by atoms with van der Waals surface area (Å²) in [5.74, 6) is 0. The quantitative estimate of drug-likeness (QED) is 0.885. The Labute approximate surface area is 125 Å². The Morgan fingerprint density at radius 3 is 2.58 bits per heavy atom. The number of nitrogens with one attached hydrogen (secondary N) is 1. The third-order valence-electron chi connectivity index (χ3n) is 4.16. The molecule has 1 fully saturated rings. The molecule has 1 aromatic rings. The highest BCUT2D eigenvalue weighted by Crippen LogP contribution is 2.25. The Bertz CT molecular complexity index is 408. The van der Waals surface area contributed by atoms with Gasteiger partial charge in [-0.15, -0.1) is 0 Å². The number of piperidine rings is 1. The van der Waals surface area contributed by atoms with Gasteiger partial charge in [0.2, 0.25) is 0 Å². The molecule has 1 aliphatic heterocycles. The first-order chi connectivity index (χ1) is 9.08. The van der Waals surface area contributed by atoms with Crippen molar-refractivity contribution < 1.29 is 0 Å². The van der Waals surface area contributed by atoms with Crippen molar-refractivity contribution in [3.8, 4) is 0 Å². The Hall–Kier alpha value is -0.540. The fourth-order valence-corrected chi connectivity index (χ4v) is 3.17. The number of likely N-dealkylation sites (tertiary alicyclic amines) is 1. The molecule has 0 radical (unpaired) electrons. The van der Waals surface area contributed by atoms with Crippen LogP contribution in [0.4, 0.5) is 5.69 Å². The van der Waals surface area contributed by atoms with Crippen molar-refractivity contribution in [2.45, 2.75) is 45.6 Å². The number of anilines is 1. The van der Waals surface area contributed by atoms with Gasteiger partial charge in [0, 0.05) is 22.7 Å². The second-order valence-corrected chi connectivity index (χ2v) is 6.56. The molecule has 0 amide bonds. The summed E-state index contributed by atoms with van der Waals surface area (Å²) in [5.41, 5.74) is 3.85. The van der Waals surface area contributed by atoms with Crippen molar-refractivity contribution >= 4 is 21.6 Å². The lowest BCUT2D eigenvalue weighted by Gasteiger charge is -2.32. The second-order valence-electron chi connectivity index (χ2n) is 5.77. The van der Waals surface area contributed by atoms with Crippen LogP contribution < -0.4 is 5.32 Å². The van der Waals surface area contributed by atoms with Gasteiger partial charge in [-0.3, -0.25) is 0 Å². The Morgan fingerprint density at radius 2 is 1.95 bits per heavy atom. The molecule has 0 spiro atoms. The molecule has 0 aromatic heterocycles. The fourth-order valence-electron chi connectivity index (χ4n) is 2.94. The molecule has 1 saturated heterocycles. The monoisotopic (exact) mass is 324 g/mol. The van der Waals surface area contributed by atoms with Gasteiger partial charge in [-0.2, -0.15) is 0 Å². The van der Waals surface area contributed by atoms with Crippen molar-refractivity contribution in [3.05, 3.63) is 27.7 Å². The van der Waals surface area contributed by atoms with Crippen LogP contribution in [0.2, 0.25) is 0 Å². The number of nitrogens with zero attached hydrogens (tertiary/aromatic N) is 1. The van der Waals surface area contributed by atoms with Crippen LogP contribution in [0.3, 0.4) is 0 Å². The third kappa shape index (κ3) is 3.96. The standard InChI is InChI=1S/C16H25BrN2/c1-12-10-14(11-13(2)16(12)17)18-8-7-15-6-4-5-9-19(15)3/h10-11,15,18H,4-9H2,1-3H3. The predicted molar refractivity (Wildman–Crippen MR) is 87.0 cm³/mol. The number of aryl methyl sites for hydroxylation is 2. The lowest BCUT2D eigenvalue weighted by Crippen LogP contribution is -2.37. The first kappa shape index (κ1) is 14.9. The summed E-state index contributed by atoms with van der Waals surface area (Å²) < 4.78 is 1.23. The maximum absolute atomic E-state index is 3.62. The van der Waals surface area contributed by atoms with Crippen LogP contribution in [0.1, 0.15) is 36.8 Å². The van der Waals surface area contributed by atoms with Gasteiger partial charge in [0.15, 0.2) is 0 Å². The molecule has 0 bridgehead atoms. The van der Waals surface area contributed by atoms with E-state index in [1.165, 1.54) is 53.5 Å². The average molecular weight is 325 g/mol.